The van der Waals surface area contributed by atoms with Crippen molar-refractivity contribution in [3.8, 4) is 0 Å². The first kappa shape index (κ1) is 7.02. The molecule has 0 atom stereocenters. The third-order valence-corrected chi connectivity index (χ3v) is 2.41. The Labute approximate surface area is 77.3 Å². The normalized spacial score (nSPS) is 10.6. The SMILES string of the molecule is ICc1cccc2nn[nH]c12. The standard InChI is InChI=1S/C7H6IN3/c8-4-5-2-1-3-6-7(5)10-11-9-6/h1-3H,4H2,(H,9,10,11). The van der Waals surface area contributed by atoms with Crippen LogP contribution in [0, 0.1) is 0 Å². The Morgan fingerprint density at radius 3 is 3.18 bits per heavy atom. The molecule has 0 bridgehead atoms. The van der Waals surface area contributed by atoms with Crippen LogP contribution in [0.3, 0.4) is 0 Å². The fourth-order valence-corrected chi connectivity index (χ4v) is 1.67. The van der Waals surface area contributed by atoms with Gasteiger partial charge in [0.2, 0.25) is 0 Å². The minimum Gasteiger partial charge on any atom is -0.257 e. The molecule has 2 aromatic rings. The minimum absolute atomic E-state index is 0.944. The number of benzene rings is 1. The molecular weight excluding hydrogens is 253 g/mol. The van der Waals surface area contributed by atoms with Crippen molar-refractivity contribution in [2.24, 2.45) is 0 Å². The summed E-state index contributed by atoms with van der Waals surface area (Å²) >= 11 is 2.32. The number of hydrogen-bond donors (Lipinski definition) is 1. The van der Waals surface area contributed by atoms with Gasteiger partial charge in [0, 0.05) is 4.43 Å². The van der Waals surface area contributed by atoms with E-state index < -0.39 is 0 Å². The number of alkyl halides is 1. The first-order valence-corrected chi connectivity index (χ1v) is 4.79. The Morgan fingerprint density at radius 2 is 2.36 bits per heavy atom. The maximum Gasteiger partial charge on any atom is 0.113 e. The van der Waals surface area contributed by atoms with E-state index in [2.05, 4.69) is 44.1 Å². The number of hydrogen-bond acceptors (Lipinski definition) is 2. The van der Waals surface area contributed by atoms with Crippen molar-refractivity contribution < 1.29 is 0 Å². The van der Waals surface area contributed by atoms with E-state index in [0.717, 1.165) is 15.5 Å². The van der Waals surface area contributed by atoms with Crippen LogP contribution in [0.2, 0.25) is 0 Å². The molecule has 0 unspecified atom stereocenters. The highest BCUT2D eigenvalue weighted by atomic mass is 127. The lowest BCUT2D eigenvalue weighted by Crippen LogP contribution is -1.79. The Balaban J connectivity index is 2.79. The lowest BCUT2D eigenvalue weighted by molar-refractivity contribution is 0.958. The zero-order chi connectivity index (χ0) is 7.68. The van der Waals surface area contributed by atoms with Crippen LogP contribution in [0.5, 0.6) is 0 Å². The maximum absolute atomic E-state index is 3.92. The van der Waals surface area contributed by atoms with E-state index in [4.69, 9.17) is 0 Å². The summed E-state index contributed by atoms with van der Waals surface area (Å²) in [7, 11) is 0. The van der Waals surface area contributed by atoms with E-state index in [9.17, 15) is 0 Å². The van der Waals surface area contributed by atoms with Gasteiger partial charge in [-0.3, -0.25) is 5.10 Å². The van der Waals surface area contributed by atoms with Crippen molar-refractivity contribution in [2.75, 3.05) is 0 Å². The molecule has 0 amide bonds. The number of nitrogens with zero attached hydrogens (tertiary/aromatic N) is 2. The summed E-state index contributed by atoms with van der Waals surface area (Å²) in [5.74, 6) is 0. The van der Waals surface area contributed by atoms with Gasteiger partial charge in [-0.05, 0) is 11.6 Å². The van der Waals surface area contributed by atoms with Crippen LogP contribution in [0.15, 0.2) is 18.2 Å². The van der Waals surface area contributed by atoms with E-state index in [-0.39, 0.29) is 0 Å². The number of para-hydroxylation sites is 1. The molecule has 0 radical (unpaired) electrons. The van der Waals surface area contributed by atoms with Gasteiger partial charge in [-0.1, -0.05) is 39.9 Å². The first-order valence-electron chi connectivity index (χ1n) is 3.26. The van der Waals surface area contributed by atoms with Crippen LogP contribution in [0.25, 0.3) is 11.0 Å². The number of halogens is 1. The topological polar surface area (TPSA) is 41.6 Å². The largest absolute Gasteiger partial charge is 0.257 e. The van der Waals surface area contributed by atoms with Gasteiger partial charge in [0.05, 0.1) is 5.52 Å². The Kier molecular flexibility index (Phi) is 1.77. The van der Waals surface area contributed by atoms with Crippen LogP contribution in [0.1, 0.15) is 5.56 Å². The fourth-order valence-electron chi connectivity index (χ4n) is 1.04. The predicted octanol–water partition coefficient (Wildman–Crippen LogP) is 1.89. The molecule has 1 N–H and O–H groups in total. The van der Waals surface area contributed by atoms with Crippen LogP contribution >= 0.6 is 22.6 Å². The van der Waals surface area contributed by atoms with Gasteiger partial charge in [0.25, 0.3) is 0 Å². The van der Waals surface area contributed by atoms with Crippen LogP contribution in [-0.2, 0) is 4.43 Å². The average Bonchev–Trinajstić information content (AvgIpc) is 2.50. The molecule has 1 aromatic carbocycles. The molecule has 0 aliphatic rings. The quantitative estimate of drug-likeness (QED) is 0.627. The predicted molar refractivity (Wildman–Crippen MR) is 51.6 cm³/mol. The molecule has 0 aliphatic carbocycles. The summed E-state index contributed by atoms with van der Waals surface area (Å²) in [5, 5.41) is 10.5. The van der Waals surface area contributed by atoms with Crippen molar-refractivity contribution in [1.82, 2.24) is 15.4 Å². The van der Waals surface area contributed by atoms with Gasteiger partial charge < -0.3 is 0 Å². The number of aromatic nitrogens is 3. The Morgan fingerprint density at radius 1 is 1.45 bits per heavy atom. The minimum atomic E-state index is 0.944. The molecule has 56 valence electrons. The zero-order valence-electron chi connectivity index (χ0n) is 5.71. The van der Waals surface area contributed by atoms with E-state index in [1.54, 1.807) is 0 Å². The van der Waals surface area contributed by atoms with Gasteiger partial charge >= 0.3 is 0 Å². The molecule has 0 saturated carbocycles. The van der Waals surface area contributed by atoms with Gasteiger partial charge in [0.15, 0.2) is 0 Å². The molecule has 1 heterocycles. The molecule has 3 nitrogen and oxygen atoms in total. The van der Waals surface area contributed by atoms with Crippen LogP contribution in [-0.4, -0.2) is 15.4 Å². The van der Waals surface area contributed by atoms with Gasteiger partial charge in [-0.25, -0.2) is 0 Å². The second-order valence-corrected chi connectivity index (χ2v) is 3.02. The third kappa shape index (κ3) is 1.11. The molecule has 0 aliphatic heterocycles. The second-order valence-electron chi connectivity index (χ2n) is 2.26. The fraction of sp³-hybridized carbons (Fsp3) is 0.143. The lowest BCUT2D eigenvalue weighted by Gasteiger charge is -1.93. The summed E-state index contributed by atoms with van der Waals surface area (Å²) in [6, 6.07) is 6.03. The molecular formula is C7H6IN3. The maximum atomic E-state index is 3.92. The monoisotopic (exact) mass is 259 g/mol. The van der Waals surface area contributed by atoms with E-state index in [1.165, 1.54) is 5.56 Å². The number of H-pyrrole nitrogens is 1. The summed E-state index contributed by atoms with van der Waals surface area (Å²) in [4.78, 5) is 0. The van der Waals surface area contributed by atoms with E-state index in [0.29, 0.717) is 0 Å². The van der Waals surface area contributed by atoms with Crippen LogP contribution < -0.4 is 0 Å². The number of nitrogens with one attached hydrogen (secondary N) is 1. The zero-order valence-corrected chi connectivity index (χ0v) is 7.87. The van der Waals surface area contributed by atoms with Crippen molar-refractivity contribution in [3.05, 3.63) is 23.8 Å². The highest BCUT2D eigenvalue weighted by Crippen LogP contribution is 2.15. The first-order chi connectivity index (χ1) is 5.42. The molecule has 4 heteroatoms. The summed E-state index contributed by atoms with van der Waals surface area (Å²) in [6.07, 6.45) is 0. The summed E-state index contributed by atoms with van der Waals surface area (Å²) < 4.78 is 0.985. The van der Waals surface area contributed by atoms with Gasteiger partial charge in [-0.15, -0.1) is 5.10 Å². The van der Waals surface area contributed by atoms with Gasteiger partial charge in [-0.2, -0.15) is 0 Å². The van der Waals surface area contributed by atoms with Crippen molar-refractivity contribution in [3.63, 3.8) is 0 Å². The lowest BCUT2D eigenvalue weighted by atomic mass is 10.2. The number of rotatable bonds is 1. The van der Waals surface area contributed by atoms with Gasteiger partial charge in [0.1, 0.15) is 5.52 Å². The highest BCUT2D eigenvalue weighted by molar-refractivity contribution is 14.1. The molecule has 0 saturated heterocycles. The summed E-state index contributed by atoms with van der Waals surface area (Å²) in [5.41, 5.74) is 3.26. The number of aromatic amines is 1. The second kappa shape index (κ2) is 2.77. The smallest absolute Gasteiger partial charge is 0.113 e. The third-order valence-electron chi connectivity index (χ3n) is 1.59. The van der Waals surface area contributed by atoms with E-state index in [1.807, 2.05) is 12.1 Å². The van der Waals surface area contributed by atoms with E-state index >= 15 is 0 Å². The number of fused-ring (bicyclic) bond motifs is 1. The molecule has 0 fully saturated rings. The highest BCUT2D eigenvalue weighted by Gasteiger charge is 2.00. The Hall–Kier alpha value is -0.650. The molecule has 0 spiro atoms. The van der Waals surface area contributed by atoms with Crippen molar-refractivity contribution in [2.45, 2.75) is 4.43 Å². The molecule has 11 heavy (non-hydrogen) atoms. The molecule has 2 rings (SSSR count). The molecule has 1 aromatic heterocycles. The average molecular weight is 259 g/mol. The van der Waals surface area contributed by atoms with Crippen molar-refractivity contribution in [1.29, 1.82) is 0 Å². The van der Waals surface area contributed by atoms with Crippen LogP contribution in [0.4, 0.5) is 0 Å². The Bertz CT molecular complexity index is 368. The van der Waals surface area contributed by atoms with Crippen molar-refractivity contribution >= 4 is 33.6 Å². The summed E-state index contributed by atoms with van der Waals surface area (Å²) in [6.45, 7) is 0.